The van der Waals surface area contributed by atoms with Gasteiger partial charge in [-0.15, -0.1) is 0 Å². The Morgan fingerprint density at radius 2 is 2.20 bits per heavy atom. The van der Waals surface area contributed by atoms with Crippen molar-refractivity contribution in [3.63, 3.8) is 0 Å². The van der Waals surface area contributed by atoms with Crippen molar-refractivity contribution in [2.45, 2.75) is 26.7 Å². The summed E-state index contributed by atoms with van der Waals surface area (Å²) in [5, 5.41) is 3.28. The lowest BCUT2D eigenvalue weighted by molar-refractivity contribution is 0.375. The van der Waals surface area contributed by atoms with Crippen molar-refractivity contribution in [3.05, 3.63) is 0 Å². The molecule has 2 N–H and O–H groups in total. The molecule has 0 aromatic rings. The molecule has 1 fully saturated rings. The molecule has 1 aliphatic rings. The van der Waals surface area contributed by atoms with Crippen LogP contribution in [0.2, 0.25) is 0 Å². The van der Waals surface area contributed by atoms with Crippen LogP contribution >= 0.6 is 0 Å². The lowest BCUT2D eigenvalue weighted by Gasteiger charge is -2.23. The molecular weight excluding hydrogens is 212 g/mol. The number of rotatable bonds is 5. The SMILES string of the molecule is CC(C)CS(=O)(=O)NCC1CCCNC1. The minimum atomic E-state index is -3.06. The Kier molecular flexibility index (Phi) is 5.02. The number of piperidine rings is 1. The Morgan fingerprint density at radius 1 is 1.47 bits per heavy atom. The molecule has 1 aliphatic heterocycles. The van der Waals surface area contributed by atoms with Crippen LogP contribution in [0.5, 0.6) is 0 Å². The van der Waals surface area contributed by atoms with E-state index < -0.39 is 10.0 Å². The molecule has 0 bridgehead atoms. The van der Waals surface area contributed by atoms with Crippen LogP contribution in [0.3, 0.4) is 0 Å². The molecule has 0 radical (unpaired) electrons. The van der Waals surface area contributed by atoms with Crippen molar-refractivity contribution >= 4 is 10.0 Å². The molecule has 0 aromatic carbocycles. The van der Waals surface area contributed by atoms with E-state index in [1.165, 1.54) is 0 Å². The van der Waals surface area contributed by atoms with E-state index >= 15 is 0 Å². The molecule has 0 aromatic heterocycles. The van der Waals surface area contributed by atoms with Gasteiger partial charge < -0.3 is 5.32 Å². The quantitative estimate of drug-likeness (QED) is 0.731. The summed E-state index contributed by atoms with van der Waals surface area (Å²) < 4.78 is 25.8. The number of sulfonamides is 1. The first-order valence-electron chi connectivity index (χ1n) is 5.67. The highest BCUT2D eigenvalue weighted by molar-refractivity contribution is 7.89. The average Bonchev–Trinajstić information content (AvgIpc) is 2.15. The maximum Gasteiger partial charge on any atom is 0.211 e. The highest BCUT2D eigenvalue weighted by Crippen LogP contribution is 2.09. The van der Waals surface area contributed by atoms with Gasteiger partial charge in [-0.05, 0) is 37.8 Å². The van der Waals surface area contributed by atoms with Gasteiger partial charge in [0.2, 0.25) is 10.0 Å². The normalized spacial score (nSPS) is 23.3. The third kappa shape index (κ3) is 5.49. The second-order valence-electron chi connectivity index (χ2n) is 4.74. The average molecular weight is 234 g/mol. The van der Waals surface area contributed by atoms with E-state index in [1.807, 2.05) is 13.8 Å². The van der Waals surface area contributed by atoms with Gasteiger partial charge in [0.05, 0.1) is 5.75 Å². The monoisotopic (exact) mass is 234 g/mol. The minimum Gasteiger partial charge on any atom is -0.316 e. The van der Waals surface area contributed by atoms with Crippen LogP contribution in [0.4, 0.5) is 0 Å². The van der Waals surface area contributed by atoms with Gasteiger partial charge in [-0.2, -0.15) is 0 Å². The molecule has 1 atom stereocenters. The smallest absolute Gasteiger partial charge is 0.211 e. The highest BCUT2D eigenvalue weighted by atomic mass is 32.2. The summed E-state index contributed by atoms with van der Waals surface area (Å²) >= 11 is 0. The lowest BCUT2D eigenvalue weighted by Crippen LogP contribution is -2.39. The molecule has 1 unspecified atom stereocenters. The lowest BCUT2D eigenvalue weighted by atomic mass is 10.0. The molecule has 15 heavy (non-hydrogen) atoms. The Hall–Kier alpha value is -0.130. The van der Waals surface area contributed by atoms with Crippen LogP contribution < -0.4 is 10.0 Å². The molecular formula is C10H22N2O2S. The molecule has 1 saturated heterocycles. The summed E-state index contributed by atoms with van der Waals surface area (Å²) in [7, 11) is -3.06. The second kappa shape index (κ2) is 5.82. The third-order valence-electron chi connectivity index (χ3n) is 2.54. The predicted octanol–water partition coefficient (Wildman–Crippen LogP) is 0.561. The van der Waals surface area contributed by atoms with Gasteiger partial charge in [0.1, 0.15) is 0 Å². The largest absolute Gasteiger partial charge is 0.316 e. The summed E-state index contributed by atoms with van der Waals surface area (Å²) in [6.07, 6.45) is 2.27. The van der Waals surface area contributed by atoms with Crippen LogP contribution in [0.25, 0.3) is 0 Å². The molecule has 0 saturated carbocycles. The van der Waals surface area contributed by atoms with Crippen LogP contribution in [-0.2, 0) is 10.0 Å². The third-order valence-corrected chi connectivity index (χ3v) is 4.26. The Bertz CT molecular complexity index is 269. The molecule has 90 valence electrons. The molecule has 0 spiro atoms. The Labute approximate surface area is 92.9 Å². The van der Waals surface area contributed by atoms with E-state index in [2.05, 4.69) is 10.0 Å². The van der Waals surface area contributed by atoms with Crippen LogP contribution in [0.15, 0.2) is 0 Å². The fourth-order valence-electron chi connectivity index (χ4n) is 1.84. The van der Waals surface area contributed by atoms with Gasteiger partial charge in [0.25, 0.3) is 0 Å². The Balaban J connectivity index is 2.28. The topological polar surface area (TPSA) is 58.2 Å². The van der Waals surface area contributed by atoms with Crippen molar-refractivity contribution in [2.75, 3.05) is 25.4 Å². The van der Waals surface area contributed by atoms with Crippen molar-refractivity contribution in [1.82, 2.24) is 10.0 Å². The van der Waals surface area contributed by atoms with Gasteiger partial charge in [-0.1, -0.05) is 13.8 Å². The maximum atomic E-state index is 11.6. The van der Waals surface area contributed by atoms with E-state index in [1.54, 1.807) is 0 Å². The van der Waals surface area contributed by atoms with Gasteiger partial charge in [0.15, 0.2) is 0 Å². The summed E-state index contributed by atoms with van der Waals surface area (Å²) in [6, 6.07) is 0. The first kappa shape index (κ1) is 12.9. The first-order valence-corrected chi connectivity index (χ1v) is 7.33. The first-order chi connectivity index (χ1) is 6.99. The van der Waals surface area contributed by atoms with E-state index in [0.717, 1.165) is 25.9 Å². The standard InChI is InChI=1S/C10H22N2O2S/c1-9(2)8-15(13,14)12-7-10-4-3-5-11-6-10/h9-12H,3-8H2,1-2H3. The van der Waals surface area contributed by atoms with Crippen molar-refractivity contribution in [2.24, 2.45) is 11.8 Å². The van der Waals surface area contributed by atoms with Gasteiger partial charge >= 0.3 is 0 Å². The van der Waals surface area contributed by atoms with E-state index in [9.17, 15) is 8.42 Å². The van der Waals surface area contributed by atoms with Crippen molar-refractivity contribution < 1.29 is 8.42 Å². The Morgan fingerprint density at radius 3 is 2.73 bits per heavy atom. The zero-order valence-electron chi connectivity index (χ0n) is 9.62. The van der Waals surface area contributed by atoms with Crippen LogP contribution in [0.1, 0.15) is 26.7 Å². The number of hydrogen-bond donors (Lipinski definition) is 2. The van der Waals surface area contributed by atoms with Gasteiger partial charge in [0, 0.05) is 6.54 Å². The minimum absolute atomic E-state index is 0.187. The molecule has 0 amide bonds. The summed E-state index contributed by atoms with van der Waals surface area (Å²) in [5.74, 6) is 0.875. The molecule has 0 aliphatic carbocycles. The highest BCUT2D eigenvalue weighted by Gasteiger charge is 2.17. The zero-order valence-corrected chi connectivity index (χ0v) is 10.4. The molecule has 5 heteroatoms. The van der Waals surface area contributed by atoms with E-state index in [0.29, 0.717) is 12.5 Å². The maximum absolute atomic E-state index is 11.6. The predicted molar refractivity (Wildman–Crippen MR) is 62.2 cm³/mol. The van der Waals surface area contributed by atoms with Crippen molar-refractivity contribution in [1.29, 1.82) is 0 Å². The van der Waals surface area contributed by atoms with E-state index in [4.69, 9.17) is 0 Å². The van der Waals surface area contributed by atoms with E-state index in [-0.39, 0.29) is 11.7 Å². The number of hydrogen-bond acceptors (Lipinski definition) is 3. The van der Waals surface area contributed by atoms with Crippen molar-refractivity contribution in [3.8, 4) is 0 Å². The molecule has 1 heterocycles. The van der Waals surface area contributed by atoms with Crippen LogP contribution in [-0.4, -0.2) is 33.8 Å². The molecule has 1 rings (SSSR count). The summed E-state index contributed by atoms with van der Waals surface area (Å²) in [4.78, 5) is 0. The fourth-order valence-corrected chi connectivity index (χ4v) is 3.33. The zero-order chi connectivity index (χ0) is 11.3. The summed E-state index contributed by atoms with van der Waals surface area (Å²) in [6.45, 7) is 6.42. The summed E-state index contributed by atoms with van der Waals surface area (Å²) in [5.41, 5.74) is 0. The van der Waals surface area contributed by atoms with Gasteiger partial charge in [-0.25, -0.2) is 13.1 Å². The van der Waals surface area contributed by atoms with Crippen LogP contribution in [0, 0.1) is 11.8 Å². The number of nitrogens with one attached hydrogen (secondary N) is 2. The molecule has 4 nitrogen and oxygen atoms in total. The fraction of sp³-hybridized carbons (Fsp3) is 1.00. The van der Waals surface area contributed by atoms with Gasteiger partial charge in [-0.3, -0.25) is 0 Å². The second-order valence-corrected chi connectivity index (χ2v) is 6.59.